The molecule has 0 N–H and O–H groups in total. The summed E-state index contributed by atoms with van der Waals surface area (Å²) in [6.07, 6.45) is 5.66. The van der Waals surface area contributed by atoms with Gasteiger partial charge in [0.1, 0.15) is 0 Å². The van der Waals surface area contributed by atoms with Crippen molar-refractivity contribution in [1.82, 2.24) is 0 Å². The van der Waals surface area contributed by atoms with Crippen LogP contribution in [0.4, 0.5) is 0 Å². The van der Waals surface area contributed by atoms with Crippen LogP contribution in [0, 0.1) is 11.3 Å². The highest BCUT2D eigenvalue weighted by Gasteiger charge is 2.49. The van der Waals surface area contributed by atoms with Crippen LogP contribution < -0.4 is 0 Å². The summed E-state index contributed by atoms with van der Waals surface area (Å²) in [6, 6.07) is 0. The largest absolute Gasteiger partial charge is 0.281 e. The minimum atomic E-state index is -0.0764. The molecule has 0 aromatic heterocycles. The van der Waals surface area contributed by atoms with Crippen LogP contribution in [-0.2, 0) is 4.79 Å². The van der Waals surface area contributed by atoms with E-state index in [2.05, 4.69) is 0 Å². The van der Waals surface area contributed by atoms with E-state index in [-0.39, 0.29) is 10.7 Å². The molecule has 0 spiro atoms. The molecule has 0 unspecified atom stereocenters. The molecule has 2 saturated carbocycles. The van der Waals surface area contributed by atoms with Crippen molar-refractivity contribution in [3.05, 3.63) is 0 Å². The molecular weight excluding hydrogens is 148 g/mol. The summed E-state index contributed by atoms with van der Waals surface area (Å²) in [6.45, 7) is 0. The van der Waals surface area contributed by atoms with Crippen molar-refractivity contribution in [3.63, 3.8) is 0 Å². The Bertz CT molecular complexity index is 168. The van der Waals surface area contributed by atoms with Gasteiger partial charge < -0.3 is 0 Å². The van der Waals surface area contributed by atoms with Gasteiger partial charge in [-0.2, -0.15) is 0 Å². The van der Waals surface area contributed by atoms with E-state index in [1.165, 1.54) is 12.8 Å². The summed E-state index contributed by atoms with van der Waals surface area (Å²) in [5, 5.41) is -0.0764. The first-order valence-corrected chi connectivity index (χ1v) is 4.31. The number of fused-ring (bicyclic) bond motifs is 2. The standard InChI is InChI=1S/C8H11ClO/c9-7(10)8-3-1-6(5-8)2-4-8/h6H,1-5H2. The zero-order chi connectivity index (χ0) is 7.19. The zero-order valence-electron chi connectivity index (χ0n) is 5.90. The average molecular weight is 159 g/mol. The van der Waals surface area contributed by atoms with E-state index >= 15 is 0 Å². The van der Waals surface area contributed by atoms with Gasteiger partial charge in [0.05, 0.1) is 0 Å². The summed E-state index contributed by atoms with van der Waals surface area (Å²) in [4.78, 5) is 11.0. The molecule has 2 fully saturated rings. The van der Waals surface area contributed by atoms with Crippen molar-refractivity contribution in [1.29, 1.82) is 0 Å². The lowest BCUT2D eigenvalue weighted by Gasteiger charge is -2.20. The normalized spacial score (nSPS) is 44.3. The van der Waals surface area contributed by atoms with Gasteiger partial charge in [0.15, 0.2) is 0 Å². The Labute approximate surface area is 65.7 Å². The van der Waals surface area contributed by atoms with Crippen molar-refractivity contribution in [2.24, 2.45) is 11.3 Å². The second kappa shape index (κ2) is 1.97. The SMILES string of the molecule is O=C(Cl)C12CCC(CC1)C2. The molecule has 10 heavy (non-hydrogen) atoms. The molecule has 0 amide bonds. The number of hydrogen-bond acceptors (Lipinski definition) is 1. The third kappa shape index (κ3) is 0.731. The molecule has 0 aromatic carbocycles. The van der Waals surface area contributed by atoms with Crippen molar-refractivity contribution in [2.75, 3.05) is 0 Å². The molecule has 2 rings (SSSR count). The maximum Gasteiger partial charge on any atom is 0.227 e. The van der Waals surface area contributed by atoms with Crippen LogP contribution in [0.3, 0.4) is 0 Å². The van der Waals surface area contributed by atoms with Gasteiger partial charge in [0.25, 0.3) is 0 Å². The smallest absolute Gasteiger partial charge is 0.227 e. The Morgan fingerprint density at radius 2 is 2.00 bits per heavy atom. The molecule has 56 valence electrons. The first kappa shape index (κ1) is 6.66. The van der Waals surface area contributed by atoms with Gasteiger partial charge in [-0.15, -0.1) is 0 Å². The van der Waals surface area contributed by atoms with Crippen LogP contribution in [0.15, 0.2) is 0 Å². The van der Waals surface area contributed by atoms with E-state index in [9.17, 15) is 4.79 Å². The van der Waals surface area contributed by atoms with E-state index in [4.69, 9.17) is 11.6 Å². The quantitative estimate of drug-likeness (QED) is 0.536. The average Bonchev–Trinajstić information content (AvgIpc) is 2.45. The van der Waals surface area contributed by atoms with Gasteiger partial charge in [-0.3, -0.25) is 4.79 Å². The molecule has 2 aliphatic carbocycles. The van der Waals surface area contributed by atoms with Gasteiger partial charge in [-0.25, -0.2) is 0 Å². The molecule has 0 heterocycles. The summed E-state index contributed by atoms with van der Waals surface area (Å²) in [5.74, 6) is 0.822. The molecule has 2 heteroatoms. The minimum absolute atomic E-state index is 0.0633. The number of rotatable bonds is 1. The van der Waals surface area contributed by atoms with E-state index in [1.807, 2.05) is 0 Å². The number of hydrogen-bond donors (Lipinski definition) is 0. The molecule has 0 aromatic rings. The minimum Gasteiger partial charge on any atom is -0.281 e. The van der Waals surface area contributed by atoms with Crippen molar-refractivity contribution < 1.29 is 4.79 Å². The third-order valence-electron chi connectivity index (χ3n) is 3.16. The number of carbonyl (C=O) groups is 1. The van der Waals surface area contributed by atoms with Gasteiger partial charge in [-0.05, 0) is 49.6 Å². The Kier molecular flexibility index (Phi) is 1.31. The van der Waals surface area contributed by atoms with Gasteiger partial charge in [0.2, 0.25) is 5.24 Å². The van der Waals surface area contributed by atoms with E-state index < -0.39 is 0 Å². The molecule has 0 aliphatic heterocycles. The lowest BCUT2D eigenvalue weighted by atomic mass is 9.86. The molecule has 2 aliphatic rings. The van der Waals surface area contributed by atoms with Gasteiger partial charge in [0, 0.05) is 5.41 Å². The molecular formula is C8H11ClO. The second-order valence-corrected chi connectivity index (χ2v) is 4.04. The maximum atomic E-state index is 11.0. The Morgan fingerprint density at radius 1 is 1.40 bits per heavy atom. The summed E-state index contributed by atoms with van der Waals surface area (Å²) < 4.78 is 0. The van der Waals surface area contributed by atoms with Crippen LogP contribution in [0.5, 0.6) is 0 Å². The van der Waals surface area contributed by atoms with Crippen LogP contribution in [0.2, 0.25) is 0 Å². The van der Waals surface area contributed by atoms with Crippen LogP contribution >= 0.6 is 11.6 Å². The zero-order valence-corrected chi connectivity index (χ0v) is 6.66. The lowest BCUT2D eigenvalue weighted by Crippen LogP contribution is -2.21. The van der Waals surface area contributed by atoms with Crippen molar-refractivity contribution in [2.45, 2.75) is 32.1 Å². The topological polar surface area (TPSA) is 17.1 Å². The molecule has 0 radical (unpaired) electrons. The van der Waals surface area contributed by atoms with Crippen LogP contribution in [-0.4, -0.2) is 5.24 Å². The predicted molar refractivity (Wildman–Crippen MR) is 39.9 cm³/mol. The second-order valence-electron chi connectivity index (χ2n) is 3.70. The molecule has 0 atom stereocenters. The highest BCUT2D eigenvalue weighted by molar-refractivity contribution is 6.64. The van der Waals surface area contributed by atoms with Crippen molar-refractivity contribution >= 4 is 16.8 Å². The predicted octanol–water partition coefficient (Wildman–Crippen LogP) is 2.33. The number of halogens is 1. The van der Waals surface area contributed by atoms with E-state index in [1.54, 1.807) is 0 Å². The Hall–Kier alpha value is -0.0400. The first-order chi connectivity index (χ1) is 4.73. The summed E-state index contributed by atoms with van der Waals surface area (Å²) in [7, 11) is 0. The third-order valence-corrected chi connectivity index (χ3v) is 3.56. The van der Waals surface area contributed by atoms with Crippen LogP contribution in [0.1, 0.15) is 32.1 Å². The summed E-state index contributed by atoms with van der Waals surface area (Å²) >= 11 is 5.53. The lowest BCUT2D eigenvalue weighted by molar-refractivity contribution is -0.120. The monoisotopic (exact) mass is 158 g/mol. The molecule has 0 saturated heterocycles. The highest BCUT2D eigenvalue weighted by Crippen LogP contribution is 2.55. The van der Waals surface area contributed by atoms with E-state index in [0.29, 0.717) is 0 Å². The maximum absolute atomic E-state index is 11.0. The first-order valence-electron chi connectivity index (χ1n) is 3.93. The summed E-state index contributed by atoms with van der Waals surface area (Å²) in [5.41, 5.74) is -0.0633. The molecule has 1 nitrogen and oxygen atoms in total. The Balaban J connectivity index is 2.23. The van der Waals surface area contributed by atoms with Crippen molar-refractivity contribution in [3.8, 4) is 0 Å². The fraction of sp³-hybridized carbons (Fsp3) is 0.875. The fourth-order valence-electron chi connectivity index (χ4n) is 2.47. The van der Waals surface area contributed by atoms with Gasteiger partial charge >= 0.3 is 0 Å². The highest BCUT2D eigenvalue weighted by atomic mass is 35.5. The fourth-order valence-corrected chi connectivity index (χ4v) is 2.73. The Morgan fingerprint density at radius 3 is 2.20 bits per heavy atom. The van der Waals surface area contributed by atoms with Gasteiger partial charge in [-0.1, -0.05) is 0 Å². The number of carbonyl (C=O) groups excluding carboxylic acids is 1. The molecule has 2 bridgehead atoms. The van der Waals surface area contributed by atoms with Crippen LogP contribution in [0.25, 0.3) is 0 Å². The van der Waals surface area contributed by atoms with E-state index in [0.717, 1.165) is 25.2 Å².